The monoisotopic (exact) mass is 183 g/mol. The molecule has 1 amide bonds. The highest BCUT2D eigenvalue weighted by molar-refractivity contribution is 5.78. The molecule has 0 heterocycles. The van der Waals surface area contributed by atoms with E-state index in [2.05, 4.69) is 10.6 Å². The van der Waals surface area contributed by atoms with Crippen molar-refractivity contribution in [2.24, 2.45) is 0 Å². The lowest BCUT2D eigenvalue weighted by Crippen LogP contribution is -2.42. The highest BCUT2D eigenvalue weighted by atomic mass is 16.3. The molecule has 1 fully saturated rings. The Balaban J connectivity index is 2.12. The fourth-order valence-corrected chi connectivity index (χ4v) is 1.01. The normalized spacial score (nSPS) is 17.5. The highest BCUT2D eigenvalue weighted by Gasteiger charge is 2.41. The summed E-state index contributed by atoms with van der Waals surface area (Å²) in [6.45, 7) is 0.271. The molecule has 13 heavy (non-hydrogen) atoms. The standard InChI is InChI=1S/C8H13N3O2/c9-3-4-10-7(13)5-11-8(6-12)1-2-8/h11-12H,1-2,4-6H2,(H,10,13). The van der Waals surface area contributed by atoms with E-state index in [1.54, 1.807) is 0 Å². The second kappa shape index (κ2) is 4.21. The van der Waals surface area contributed by atoms with E-state index in [1.807, 2.05) is 6.07 Å². The Bertz CT molecular complexity index is 230. The number of nitrogens with one attached hydrogen (secondary N) is 2. The van der Waals surface area contributed by atoms with Crippen molar-refractivity contribution >= 4 is 5.91 Å². The number of carbonyl (C=O) groups is 1. The van der Waals surface area contributed by atoms with Crippen molar-refractivity contribution in [2.45, 2.75) is 18.4 Å². The van der Waals surface area contributed by atoms with Crippen molar-refractivity contribution in [3.8, 4) is 6.07 Å². The molecule has 5 heteroatoms. The molecule has 0 atom stereocenters. The number of aliphatic hydroxyl groups is 1. The molecule has 72 valence electrons. The lowest BCUT2D eigenvalue weighted by Gasteiger charge is -2.12. The summed E-state index contributed by atoms with van der Waals surface area (Å²) in [5.74, 6) is -0.207. The van der Waals surface area contributed by atoms with Crippen LogP contribution in [0.3, 0.4) is 0 Å². The van der Waals surface area contributed by atoms with Gasteiger partial charge in [-0.25, -0.2) is 0 Å². The first-order valence-electron chi connectivity index (χ1n) is 4.22. The zero-order valence-electron chi connectivity index (χ0n) is 7.34. The van der Waals surface area contributed by atoms with Crippen LogP contribution in [0.25, 0.3) is 0 Å². The Morgan fingerprint density at radius 3 is 2.77 bits per heavy atom. The number of rotatable bonds is 5. The molecule has 1 saturated carbocycles. The smallest absolute Gasteiger partial charge is 0.234 e. The third-order valence-corrected chi connectivity index (χ3v) is 2.14. The van der Waals surface area contributed by atoms with Crippen LogP contribution >= 0.6 is 0 Å². The summed E-state index contributed by atoms with van der Waals surface area (Å²) >= 11 is 0. The summed E-state index contributed by atoms with van der Waals surface area (Å²) in [7, 11) is 0. The molecule has 0 aromatic rings. The van der Waals surface area contributed by atoms with Crippen LogP contribution in [-0.4, -0.2) is 36.2 Å². The number of amides is 1. The van der Waals surface area contributed by atoms with Crippen molar-refractivity contribution < 1.29 is 9.90 Å². The van der Waals surface area contributed by atoms with Gasteiger partial charge in [-0.3, -0.25) is 4.79 Å². The van der Waals surface area contributed by atoms with Gasteiger partial charge < -0.3 is 15.7 Å². The van der Waals surface area contributed by atoms with Crippen molar-refractivity contribution in [3.63, 3.8) is 0 Å². The second-order valence-electron chi connectivity index (χ2n) is 3.23. The van der Waals surface area contributed by atoms with Gasteiger partial charge in [0.05, 0.1) is 19.2 Å². The van der Waals surface area contributed by atoms with Crippen LogP contribution in [-0.2, 0) is 4.79 Å². The van der Waals surface area contributed by atoms with E-state index >= 15 is 0 Å². The predicted molar refractivity (Wildman–Crippen MR) is 45.7 cm³/mol. The van der Waals surface area contributed by atoms with Gasteiger partial charge in [0.1, 0.15) is 6.54 Å². The van der Waals surface area contributed by atoms with Crippen molar-refractivity contribution in [1.29, 1.82) is 5.26 Å². The zero-order valence-corrected chi connectivity index (χ0v) is 7.34. The molecule has 1 aliphatic rings. The lowest BCUT2D eigenvalue weighted by molar-refractivity contribution is -0.120. The summed E-state index contributed by atoms with van der Waals surface area (Å²) in [4.78, 5) is 11.0. The summed E-state index contributed by atoms with van der Waals surface area (Å²) in [5, 5.41) is 22.4. The number of hydrogen-bond acceptors (Lipinski definition) is 4. The van der Waals surface area contributed by atoms with Crippen LogP contribution in [0, 0.1) is 11.3 Å². The van der Waals surface area contributed by atoms with Gasteiger partial charge in [0.25, 0.3) is 0 Å². The fraction of sp³-hybridized carbons (Fsp3) is 0.750. The van der Waals surface area contributed by atoms with Gasteiger partial charge in [-0.2, -0.15) is 5.26 Å². The Kier molecular flexibility index (Phi) is 3.23. The van der Waals surface area contributed by atoms with Gasteiger partial charge in [0.2, 0.25) is 5.91 Å². The maximum Gasteiger partial charge on any atom is 0.234 e. The van der Waals surface area contributed by atoms with Crippen LogP contribution in [0.1, 0.15) is 12.8 Å². The molecule has 5 nitrogen and oxygen atoms in total. The number of carbonyl (C=O) groups excluding carboxylic acids is 1. The topological polar surface area (TPSA) is 85.2 Å². The summed E-state index contributed by atoms with van der Waals surface area (Å²) < 4.78 is 0. The zero-order chi connectivity index (χ0) is 9.73. The Morgan fingerprint density at radius 2 is 2.31 bits per heavy atom. The van der Waals surface area contributed by atoms with Crippen LogP contribution < -0.4 is 10.6 Å². The Hall–Kier alpha value is -1.12. The van der Waals surface area contributed by atoms with E-state index < -0.39 is 0 Å². The quantitative estimate of drug-likeness (QED) is 0.464. The molecule has 0 aromatic heterocycles. The van der Waals surface area contributed by atoms with E-state index in [-0.39, 0.29) is 31.1 Å². The molecule has 0 unspecified atom stereocenters. The number of nitrogens with zero attached hydrogens (tertiary/aromatic N) is 1. The minimum atomic E-state index is -0.218. The Labute approximate surface area is 76.7 Å². The molecule has 1 rings (SSSR count). The third-order valence-electron chi connectivity index (χ3n) is 2.14. The van der Waals surface area contributed by atoms with E-state index in [4.69, 9.17) is 10.4 Å². The van der Waals surface area contributed by atoms with Crippen molar-refractivity contribution in [1.82, 2.24) is 10.6 Å². The Morgan fingerprint density at radius 1 is 1.62 bits per heavy atom. The fourth-order valence-electron chi connectivity index (χ4n) is 1.01. The summed E-state index contributed by atoms with van der Waals surface area (Å²) in [5.41, 5.74) is -0.218. The average Bonchev–Trinajstić information content (AvgIpc) is 2.92. The van der Waals surface area contributed by atoms with E-state index in [1.165, 1.54) is 0 Å². The number of hydrogen-bond donors (Lipinski definition) is 3. The highest BCUT2D eigenvalue weighted by Crippen LogP contribution is 2.34. The van der Waals surface area contributed by atoms with Gasteiger partial charge in [0.15, 0.2) is 0 Å². The lowest BCUT2D eigenvalue weighted by atomic mass is 10.3. The van der Waals surface area contributed by atoms with E-state index in [9.17, 15) is 4.79 Å². The molecule has 0 saturated heterocycles. The SMILES string of the molecule is N#CCNC(=O)CNC1(CO)CC1. The average molecular weight is 183 g/mol. The molecular weight excluding hydrogens is 170 g/mol. The van der Waals surface area contributed by atoms with Gasteiger partial charge in [0, 0.05) is 5.54 Å². The summed E-state index contributed by atoms with van der Waals surface area (Å²) in [6, 6.07) is 1.82. The van der Waals surface area contributed by atoms with Gasteiger partial charge in [-0.05, 0) is 12.8 Å². The predicted octanol–water partition coefficient (Wildman–Crippen LogP) is -1.26. The maximum atomic E-state index is 11.0. The van der Waals surface area contributed by atoms with Crippen LogP contribution in [0.15, 0.2) is 0 Å². The van der Waals surface area contributed by atoms with Crippen molar-refractivity contribution in [2.75, 3.05) is 19.7 Å². The van der Waals surface area contributed by atoms with Crippen LogP contribution in [0.2, 0.25) is 0 Å². The summed E-state index contributed by atoms with van der Waals surface area (Å²) in [6.07, 6.45) is 1.82. The molecule has 1 aliphatic carbocycles. The first-order chi connectivity index (χ1) is 6.22. The maximum absolute atomic E-state index is 11.0. The van der Waals surface area contributed by atoms with E-state index in [0.717, 1.165) is 12.8 Å². The minimum Gasteiger partial charge on any atom is -0.394 e. The van der Waals surface area contributed by atoms with Gasteiger partial charge in [-0.1, -0.05) is 0 Å². The van der Waals surface area contributed by atoms with Crippen LogP contribution in [0.4, 0.5) is 0 Å². The second-order valence-corrected chi connectivity index (χ2v) is 3.23. The van der Waals surface area contributed by atoms with Crippen LogP contribution in [0.5, 0.6) is 0 Å². The largest absolute Gasteiger partial charge is 0.394 e. The third kappa shape index (κ3) is 3.01. The van der Waals surface area contributed by atoms with E-state index in [0.29, 0.717) is 0 Å². The minimum absolute atomic E-state index is 0.0344. The number of aliphatic hydroxyl groups excluding tert-OH is 1. The molecule has 0 bridgehead atoms. The molecule has 3 N–H and O–H groups in total. The van der Waals surface area contributed by atoms with Gasteiger partial charge >= 0.3 is 0 Å². The molecule has 0 spiro atoms. The number of nitriles is 1. The first kappa shape index (κ1) is 9.96. The first-order valence-corrected chi connectivity index (χ1v) is 4.22. The van der Waals surface area contributed by atoms with Crippen molar-refractivity contribution in [3.05, 3.63) is 0 Å². The molecule has 0 aromatic carbocycles. The molecular formula is C8H13N3O2. The van der Waals surface area contributed by atoms with Gasteiger partial charge in [-0.15, -0.1) is 0 Å². The molecule has 0 aliphatic heterocycles. The molecule has 0 radical (unpaired) electrons.